The number of halogens is 1. The lowest BCUT2D eigenvalue weighted by Crippen LogP contribution is -2.31. The van der Waals surface area contributed by atoms with Crippen LogP contribution in [-0.2, 0) is 29.3 Å². The van der Waals surface area contributed by atoms with Gasteiger partial charge in [0.2, 0.25) is 0 Å². The lowest BCUT2D eigenvalue weighted by molar-refractivity contribution is -0.112. The molecule has 178 valence electrons. The van der Waals surface area contributed by atoms with Crippen LogP contribution in [0.5, 0.6) is 0 Å². The van der Waals surface area contributed by atoms with Gasteiger partial charge < -0.3 is 9.40 Å². The molecule has 1 aliphatic rings. The third-order valence-electron chi connectivity index (χ3n) is 6.16. The van der Waals surface area contributed by atoms with Crippen LogP contribution in [0.1, 0.15) is 37.2 Å². The summed E-state index contributed by atoms with van der Waals surface area (Å²) in [6.45, 7) is 5.95. The molecular weight excluding hydrogens is 504 g/mol. The molecule has 0 bridgehead atoms. The molecule has 0 saturated carbocycles. The molecular formula is C28H27BrN4O2. The zero-order valence-corrected chi connectivity index (χ0v) is 21.4. The number of hydrogen-bond donors (Lipinski definition) is 0. The van der Waals surface area contributed by atoms with Crippen LogP contribution in [0.25, 0.3) is 11.0 Å². The van der Waals surface area contributed by atoms with Gasteiger partial charge in [0.25, 0.3) is 5.91 Å². The number of anilines is 1. The normalized spacial score (nSPS) is 14.3. The Morgan fingerprint density at radius 2 is 1.74 bits per heavy atom. The van der Waals surface area contributed by atoms with E-state index in [2.05, 4.69) is 45.6 Å². The fourth-order valence-corrected chi connectivity index (χ4v) is 4.55. The molecule has 7 heteroatoms. The van der Waals surface area contributed by atoms with Crippen LogP contribution in [0.15, 0.2) is 82.4 Å². The third kappa shape index (κ3) is 4.86. The molecule has 35 heavy (non-hydrogen) atoms. The summed E-state index contributed by atoms with van der Waals surface area (Å²) in [6, 6.07) is 23.7. The van der Waals surface area contributed by atoms with Crippen LogP contribution in [-0.4, -0.2) is 21.2 Å². The van der Waals surface area contributed by atoms with Crippen LogP contribution in [0.2, 0.25) is 0 Å². The maximum absolute atomic E-state index is 13.5. The molecule has 1 aromatic heterocycles. The van der Waals surface area contributed by atoms with Gasteiger partial charge in [-0.15, -0.1) is 0 Å². The molecule has 1 amide bonds. The molecule has 1 aliphatic heterocycles. The monoisotopic (exact) mass is 530 g/mol. The Morgan fingerprint density at radius 3 is 2.54 bits per heavy atom. The first-order valence-electron chi connectivity index (χ1n) is 11.8. The average Bonchev–Trinajstić information content (AvgIpc) is 3.34. The molecule has 0 N–H and O–H groups in total. The number of aromatic nitrogens is 2. The molecule has 0 saturated heterocycles. The highest BCUT2D eigenvalue weighted by molar-refractivity contribution is 9.10. The van der Waals surface area contributed by atoms with E-state index in [1.807, 2.05) is 66.7 Å². The van der Waals surface area contributed by atoms with Gasteiger partial charge >= 0.3 is 0 Å². The van der Waals surface area contributed by atoms with Gasteiger partial charge in [-0.2, -0.15) is 0 Å². The topological polar surface area (TPSA) is 59.7 Å². The second-order valence-corrected chi connectivity index (χ2v) is 10.0. The summed E-state index contributed by atoms with van der Waals surface area (Å²) >= 11 is 3.43. The summed E-state index contributed by atoms with van der Waals surface area (Å²) < 4.78 is 3.24. The minimum absolute atomic E-state index is 0.176. The molecule has 0 aliphatic carbocycles. The Kier molecular flexibility index (Phi) is 6.68. The maximum Gasteiger partial charge on any atom is 0.281 e. The quantitative estimate of drug-likeness (QED) is 0.250. The number of aryl methyl sites for hydroxylation is 1. The zero-order chi connectivity index (χ0) is 24.4. The number of imidazole rings is 1. The summed E-state index contributed by atoms with van der Waals surface area (Å²) in [7, 11) is 0. The minimum Gasteiger partial charge on any atom is -0.390 e. The number of fused-ring (bicyclic) bond motifs is 2. The van der Waals surface area contributed by atoms with E-state index >= 15 is 0 Å². The van der Waals surface area contributed by atoms with Gasteiger partial charge in [0, 0.05) is 16.6 Å². The highest BCUT2D eigenvalue weighted by Crippen LogP contribution is 2.31. The Balaban J connectivity index is 1.43. The van der Waals surface area contributed by atoms with E-state index in [0.717, 1.165) is 51.1 Å². The summed E-state index contributed by atoms with van der Waals surface area (Å²) in [4.78, 5) is 25.8. The van der Waals surface area contributed by atoms with Crippen molar-refractivity contribution in [1.82, 2.24) is 9.55 Å². The summed E-state index contributed by atoms with van der Waals surface area (Å²) in [5.74, 6) is 1.26. The number of benzene rings is 3. The Hall–Kier alpha value is -3.45. The molecule has 0 unspecified atom stereocenters. The average molecular weight is 531 g/mol. The SMILES string of the molecule is CC(C)CCn1c(CN2C(=O)/C(=N/OCc3ccc(Br)cc3)c3ccccc32)nc2ccccc21. The number of amides is 1. The molecule has 3 aromatic carbocycles. The van der Waals surface area contributed by atoms with Crippen molar-refractivity contribution in [1.29, 1.82) is 0 Å². The van der Waals surface area contributed by atoms with E-state index in [-0.39, 0.29) is 12.5 Å². The van der Waals surface area contributed by atoms with Crippen LogP contribution in [0.3, 0.4) is 0 Å². The van der Waals surface area contributed by atoms with Crippen molar-refractivity contribution in [3.8, 4) is 0 Å². The standard InChI is InChI=1S/C28H27BrN4O2/c1-19(2)15-16-32-25-10-6-4-8-23(25)30-26(32)17-33-24-9-5-3-7-22(24)27(28(33)34)31-35-18-20-11-13-21(29)14-12-20/h3-14,19H,15-18H2,1-2H3/b31-27+. The van der Waals surface area contributed by atoms with Crippen molar-refractivity contribution in [3.63, 3.8) is 0 Å². The van der Waals surface area contributed by atoms with Crippen molar-refractivity contribution in [2.75, 3.05) is 4.90 Å². The predicted octanol–water partition coefficient (Wildman–Crippen LogP) is 6.31. The molecule has 0 radical (unpaired) electrons. The Bertz CT molecular complexity index is 1390. The van der Waals surface area contributed by atoms with E-state index in [0.29, 0.717) is 18.2 Å². The maximum atomic E-state index is 13.5. The molecule has 2 heterocycles. The van der Waals surface area contributed by atoms with Crippen LogP contribution in [0.4, 0.5) is 5.69 Å². The van der Waals surface area contributed by atoms with Gasteiger partial charge in [-0.25, -0.2) is 4.98 Å². The summed E-state index contributed by atoms with van der Waals surface area (Å²) in [5, 5.41) is 4.27. The second-order valence-electron chi connectivity index (χ2n) is 9.10. The summed E-state index contributed by atoms with van der Waals surface area (Å²) in [6.07, 6.45) is 1.04. The van der Waals surface area contributed by atoms with Gasteiger partial charge in [0.15, 0.2) is 5.71 Å². The van der Waals surface area contributed by atoms with E-state index in [1.165, 1.54) is 0 Å². The largest absolute Gasteiger partial charge is 0.390 e. The number of para-hydroxylation sites is 3. The van der Waals surface area contributed by atoms with Crippen LogP contribution in [0, 0.1) is 5.92 Å². The van der Waals surface area contributed by atoms with Crippen molar-refractivity contribution < 1.29 is 9.63 Å². The fraction of sp³-hybridized carbons (Fsp3) is 0.250. The highest BCUT2D eigenvalue weighted by Gasteiger charge is 2.35. The van der Waals surface area contributed by atoms with Crippen molar-refractivity contribution in [2.45, 2.75) is 40.0 Å². The van der Waals surface area contributed by atoms with E-state index in [9.17, 15) is 4.79 Å². The Labute approximate surface area is 213 Å². The minimum atomic E-state index is -0.176. The summed E-state index contributed by atoms with van der Waals surface area (Å²) in [5.41, 5.74) is 4.94. The number of rotatable bonds is 8. The molecule has 5 rings (SSSR count). The first kappa shape index (κ1) is 23.3. The van der Waals surface area contributed by atoms with Crippen molar-refractivity contribution in [3.05, 3.63) is 94.2 Å². The predicted molar refractivity (Wildman–Crippen MR) is 142 cm³/mol. The number of carbonyl (C=O) groups excluding carboxylic acids is 1. The molecule has 0 fully saturated rings. The third-order valence-corrected chi connectivity index (χ3v) is 6.69. The van der Waals surface area contributed by atoms with E-state index in [4.69, 9.17) is 9.82 Å². The lowest BCUT2D eigenvalue weighted by atomic mass is 10.1. The molecule has 0 atom stereocenters. The van der Waals surface area contributed by atoms with Crippen molar-refractivity contribution >= 4 is 44.3 Å². The smallest absolute Gasteiger partial charge is 0.281 e. The van der Waals surface area contributed by atoms with Gasteiger partial charge in [-0.3, -0.25) is 9.69 Å². The van der Waals surface area contributed by atoms with Gasteiger partial charge in [-0.05, 0) is 48.2 Å². The fourth-order valence-electron chi connectivity index (χ4n) is 4.28. The number of hydrogen-bond acceptors (Lipinski definition) is 4. The number of oxime groups is 1. The van der Waals surface area contributed by atoms with E-state index in [1.54, 1.807) is 4.90 Å². The molecule has 6 nitrogen and oxygen atoms in total. The Morgan fingerprint density at radius 1 is 1.00 bits per heavy atom. The van der Waals surface area contributed by atoms with Crippen molar-refractivity contribution in [2.24, 2.45) is 11.1 Å². The van der Waals surface area contributed by atoms with Crippen LogP contribution >= 0.6 is 15.9 Å². The van der Waals surface area contributed by atoms with Gasteiger partial charge in [0.1, 0.15) is 12.4 Å². The highest BCUT2D eigenvalue weighted by atomic mass is 79.9. The zero-order valence-electron chi connectivity index (χ0n) is 19.8. The first-order chi connectivity index (χ1) is 17.0. The second kappa shape index (κ2) is 10.0. The first-order valence-corrected chi connectivity index (χ1v) is 12.6. The number of nitrogens with zero attached hydrogens (tertiary/aromatic N) is 4. The van der Waals surface area contributed by atoms with Crippen LogP contribution < -0.4 is 4.90 Å². The molecule has 0 spiro atoms. The molecule has 4 aromatic rings. The van der Waals surface area contributed by atoms with Gasteiger partial charge in [-0.1, -0.05) is 77.4 Å². The number of carbonyl (C=O) groups is 1. The van der Waals surface area contributed by atoms with E-state index < -0.39 is 0 Å². The lowest BCUT2D eigenvalue weighted by Gasteiger charge is -2.18. The van der Waals surface area contributed by atoms with Gasteiger partial charge in [0.05, 0.1) is 23.3 Å².